The fourth-order valence-electron chi connectivity index (χ4n) is 1.89. The molecular weight excluding hydrogens is 277 g/mol. The molecule has 0 radical (unpaired) electrons. The molecule has 1 amide bonds. The molecule has 0 bridgehead atoms. The van der Waals surface area contributed by atoms with Gasteiger partial charge in [0.05, 0.1) is 17.4 Å². The molecule has 20 heavy (non-hydrogen) atoms. The van der Waals surface area contributed by atoms with Crippen molar-refractivity contribution in [2.75, 3.05) is 5.32 Å². The van der Waals surface area contributed by atoms with Gasteiger partial charge in [0.2, 0.25) is 0 Å². The van der Waals surface area contributed by atoms with Gasteiger partial charge in [-0.05, 0) is 42.8 Å². The number of aryl methyl sites for hydroxylation is 1. The zero-order valence-electron chi connectivity index (χ0n) is 10.6. The lowest BCUT2D eigenvalue weighted by Crippen LogP contribution is -2.12. The number of hydrogen-bond donors (Lipinski definition) is 1. The van der Waals surface area contributed by atoms with Crippen LogP contribution < -0.4 is 5.32 Å². The van der Waals surface area contributed by atoms with Gasteiger partial charge >= 0.3 is 0 Å². The number of carbonyl (C=O) groups is 1. The number of aromatic nitrogens is 2. The molecule has 2 aromatic carbocycles. The Bertz CT molecular complexity index is 800. The van der Waals surface area contributed by atoms with Gasteiger partial charge in [0.1, 0.15) is 16.9 Å². The van der Waals surface area contributed by atoms with Gasteiger partial charge in [-0.3, -0.25) is 4.79 Å². The van der Waals surface area contributed by atoms with Crippen LogP contribution in [-0.4, -0.2) is 14.7 Å². The molecule has 100 valence electrons. The van der Waals surface area contributed by atoms with Gasteiger partial charge in [0.15, 0.2) is 0 Å². The van der Waals surface area contributed by atoms with E-state index in [9.17, 15) is 9.18 Å². The number of hydrogen-bond acceptors (Lipinski definition) is 4. The van der Waals surface area contributed by atoms with Crippen molar-refractivity contribution in [1.29, 1.82) is 0 Å². The van der Waals surface area contributed by atoms with Crippen LogP contribution in [0.25, 0.3) is 11.0 Å². The van der Waals surface area contributed by atoms with Crippen LogP contribution in [-0.2, 0) is 0 Å². The maximum Gasteiger partial charge on any atom is 0.255 e. The predicted molar refractivity (Wildman–Crippen MR) is 76.5 cm³/mol. The Morgan fingerprint density at radius 1 is 1.25 bits per heavy atom. The van der Waals surface area contributed by atoms with E-state index in [-0.39, 0.29) is 11.7 Å². The summed E-state index contributed by atoms with van der Waals surface area (Å²) in [4.78, 5) is 12.2. The number of benzene rings is 2. The van der Waals surface area contributed by atoms with Gasteiger partial charge in [-0.25, -0.2) is 4.39 Å². The third-order valence-corrected chi connectivity index (χ3v) is 3.50. The van der Waals surface area contributed by atoms with Crippen molar-refractivity contribution in [2.24, 2.45) is 0 Å². The van der Waals surface area contributed by atoms with Gasteiger partial charge in [-0.1, -0.05) is 6.07 Å². The molecule has 1 N–H and O–H groups in total. The molecule has 6 heteroatoms. The molecule has 3 aromatic rings. The van der Waals surface area contributed by atoms with E-state index < -0.39 is 0 Å². The Morgan fingerprint density at radius 2 is 2.10 bits per heavy atom. The van der Waals surface area contributed by atoms with Crippen LogP contribution >= 0.6 is 11.7 Å². The monoisotopic (exact) mass is 287 g/mol. The van der Waals surface area contributed by atoms with E-state index in [2.05, 4.69) is 14.1 Å². The van der Waals surface area contributed by atoms with Crippen LogP contribution in [0.1, 0.15) is 15.9 Å². The molecule has 0 spiro atoms. The minimum Gasteiger partial charge on any atom is -0.320 e. The molecule has 0 saturated carbocycles. The lowest BCUT2D eigenvalue weighted by atomic mass is 10.1. The van der Waals surface area contributed by atoms with Crippen molar-refractivity contribution < 1.29 is 9.18 Å². The van der Waals surface area contributed by atoms with Crippen molar-refractivity contribution in [3.05, 3.63) is 53.3 Å². The van der Waals surface area contributed by atoms with E-state index in [1.165, 1.54) is 18.2 Å². The third kappa shape index (κ3) is 2.25. The first kappa shape index (κ1) is 12.7. The number of rotatable bonds is 2. The number of anilines is 1. The van der Waals surface area contributed by atoms with Gasteiger partial charge in [-0.15, -0.1) is 0 Å². The Balaban J connectivity index is 1.92. The maximum absolute atomic E-state index is 13.2. The molecule has 0 aliphatic rings. The molecular formula is C14H10FN3OS. The zero-order valence-corrected chi connectivity index (χ0v) is 11.4. The summed E-state index contributed by atoms with van der Waals surface area (Å²) >= 11 is 1.09. The van der Waals surface area contributed by atoms with Crippen LogP contribution in [0.15, 0.2) is 36.4 Å². The first-order valence-corrected chi connectivity index (χ1v) is 6.67. The zero-order chi connectivity index (χ0) is 14.1. The van der Waals surface area contributed by atoms with Crippen LogP contribution in [0.3, 0.4) is 0 Å². The van der Waals surface area contributed by atoms with E-state index in [4.69, 9.17) is 0 Å². The maximum atomic E-state index is 13.2. The van der Waals surface area contributed by atoms with E-state index in [0.717, 1.165) is 17.2 Å². The highest BCUT2D eigenvalue weighted by atomic mass is 32.1. The molecule has 0 saturated heterocycles. The van der Waals surface area contributed by atoms with Gasteiger partial charge < -0.3 is 5.32 Å². The normalized spacial score (nSPS) is 10.7. The smallest absolute Gasteiger partial charge is 0.255 e. The molecule has 0 aliphatic carbocycles. The van der Waals surface area contributed by atoms with Crippen LogP contribution in [0.4, 0.5) is 10.1 Å². The second kappa shape index (κ2) is 4.97. The van der Waals surface area contributed by atoms with Crippen molar-refractivity contribution >= 4 is 34.4 Å². The molecule has 0 aliphatic heterocycles. The molecule has 1 heterocycles. The van der Waals surface area contributed by atoms with Crippen LogP contribution in [0.5, 0.6) is 0 Å². The average molecular weight is 287 g/mol. The summed E-state index contributed by atoms with van der Waals surface area (Å²) in [5.41, 5.74) is 2.84. The molecule has 4 nitrogen and oxygen atoms in total. The third-order valence-electron chi connectivity index (χ3n) is 2.95. The highest BCUT2D eigenvalue weighted by Crippen LogP contribution is 2.22. The van der Waals surface area contributed by atoms with Crippen LogP contribution in [0, 0.1) is 12.7 Å². The highest BCUT2D eigenvalue weighted by molar-refractivity contribution is 7.00. The minimum absolute atomic E-state index is 0.298. The second-order valence-corrected chi connectivity index (χ2v) is 4.88. The Kier molecular flexibility index (Phi) is 3.15. The standard InChI is InChI=1S/C14H10FN3OS/c1-8-7-9(5-6-10(8)15)14(19)16-11-3-2-4-12-13(11)18-20-17-12/h2-7H,1H3,(H,16,19). The molecule has 3 rings (SSSR count). The number of halogens is 1. The van der Waals surface area contributed by atoms with Crippen molar-refractivity contribution in [2.45, 2.75) is 6.92 Å². The summed E-state index contributed by atoms with van der Waals surface area (Å²) < 4.78 is 21.5. The number of nitrogens with one attached hydrogen (secondary N) is 1. The summed E-state index contributed by atoms with van der Waals surface area (Å²) in [5, 5.41) is 2.78. The first-order chi connectivity index (χ1) is 9.65. The second-order valence-electron chi connectivity index (χ2n) is 4.36. The predicted octanol–water partition coefficient (Wildman–Crippen LogP) is 3.39. The van der Waals surface area contributed by atoms with Gasteiger partial charge in [0, 0.05) is 5.56 Å². The molecule has 1 aromatic heterocycles. The summed E-state index contributed by atoms with van der Waals surface area (Å²) in [5.74, 6) is -0.624. The SMILES string of the molecule is Cc1cc(C(=O)Nc2cccc3nsnc23)ccc1F. The lowest BCUT2D eigenvalue weighted by Gasteiger charge is -2.06. The van der Waals surface area contributed by atoms with Gasteiger partial charge in [0.25, 0.3) is 5.91 Å². The lowest BCUT2D eigenvalue weighted by molar-refractivity contribution is 0.102. The summed E-state index contributed by atoms with van der Waals surface area (Å²) in [6, 6.07) is 9.65. The van der Waals surface area contributed by atoms with E-state index >= 15 is 0 Å². The highest BCUT2D eigenvalue weighted by Gasteiger charge is 2.11. The number of nitrogens with zero attached hydrogens (tertiary/aromatic N) is 2. The van der Waals surface area contributed by atoms with E-state index in [1.54, 1.807) is 19.1 Å². The van der Waals surface area contributed by atoms with Crippen molar-refractivity contribution in [3.8, 4) is 0 Å². The Morgan fingerprint density at radius 3 is 2.90 bits per heavy atom. The largest absolute Gasteiger partial charge is 0.320 e. The fraction of sp³-hybridized carbons (Fsp3) is 0.0714. The van der Waals surface area contributed by atoms with Gasteiger partial charge in [-0.2, -0.15) is 8.75 Å². The number of carbonyl (C=O) groups excluding carboxylic acids is 1. The number of fused-ring (bicyclic) bond motifs is 1. The minimum atomic E-state index is -0.327. The summed E-state index contributed by atoms with van der Waals surface area (Å²) in [7, 11) is 0. The summed E-state index contributed by atoms with van der Waals surface area (Å²) in [6.45, 7) is 1.62. The quantitative estimate of drug-likeness (QED) is 0.786. The Hall–Kier alpha value is -2.34. The fourth-order valence-corrected chi connectivity index (χ4v) is 2.44. The van der Waals surface area contributed by atoms with Crippen LogP contribution in [0.2, 0.25) is 0 Å². The molecule has 0 atom stereocenters. The van der Waals surface area contributed by atoms with Crippen molar-refractivity contribution in [1.82, 2.24) is 8.75 Å². The summed E-state index contributed by atoms with van der Waals surface area (Å²) in [6.07, 6.45) is 0. The Labute approximate surface area is 118 Å². The van der Waals surface area contributed by atoms with E-state index in [0.29, 0.717) is 22.3 Å². The molecule has 0 fully saturated rings. The number of amides is 1. The average Bonchev–Trinajstić information content (AvgIpc) is 2.91. The van der Waals surface area contributed by atoms with Crippen molar-refractivity contribution in [3.63, 3.8) is 0 Å². The topological polar surface area (TPSA) is 54.9 Å². The van der Waals surface area contributed by atoms with E-state index in [1.807, 2.05) is 6.07 Å². The first-order valence-electron chi connectivity index (χ1n) is 5.94. The molecule has 0 unspecified atom stereocenters.